The van der Waals surface area contributed by atoms with E-state index in [1.165, 1.54) is 19.3 Å². The Bertz CT molecular complexity index is 280. The summed E-state index contributed by atoms with van der Waals surface area (Å²) in [5, 5.41) is 8.29. The van der Waals surface area contributed by atoms with Gasteiger partial charge in [0.1, 0.15) is 11.6 Å². The van der Waals surface area contributed by atoms with Crippen molar-refractivity contribution in [3.05, 3.63) is 11.6 Å². The van der Waals surface area contributed by atoms with Crippen LogP contribution in [0.3, 0.4) is 0 Å². The molecule has 0 saturated carbocycles. The van der Waals surface area contributed by atoms with E-state index in [9.17, 15) is 0 Å². The van der Waals surface area contributed by atoms with E-state index in [1.54, 1.807) is 0 Å². The number of aryl methyl sites for hydroxylation is 2. The highest BCUT2D eigenvalue weighted by atomic mass is 15.3. The molecule has 0 fully saturated rings. The second-order valence-corrected chi connectivity index (χ2v) is 3.86. The lowest BCUT2D eigenvalue weighted by atomic mass is 10.1. The van der Waals surface area contributed by atoms with Gasteiger partial charge in [0.05, 0.1) is 0 Å². The van der Waals surface area contributed by atoms with Crippen LogP contribution in [-0.2, 0) is 13.0 Å². The van der Waals surface area contributed by atoms with Crippen LogP contribution in [0.5, 0.6) is 0 Å². The minimum Gasteiger partial charge on any atom is -0.330 e. The van der Waals surface area contributed by atoms with E-state index in [4.69, 9.17) is 5.73 Å². The first-order chi connectivity index (χ1) is 7.29. The van der Waals surface area contributed by atoms with Crippen molar-refractivity contribution >= 4 is 0 Å². The van der Waals surface area contributed by atoms with E-state index < -0.39 is 0 Å². The molecule has 0 aromatic carbocycles. The van der Waals surface area contributed by atoms with Crippen molar-refractivity contribution in [3.8, 4) is 0 Å². The quantitative estimate of drug-likeness (QED) is 0.696. The molecule has 0 spiro atoms. The Morgan fingerprint density at radius 2 is 1.87 bits per heavy atom. The van der Waals surface area contributed by atoms with Gasteiger partial charge in [0.15, 0.2) is 0 Å². The van der Waals surface area contributed by atoms with Crippen LogP contribution in [0.15, 0.2) is 0 Å². The molecule has 4 nitrogen and oxygen atoms in total. The van der Waals surface area contributed by atoms with Crippen LogP contribution in [-0.4, -0.2) is 21.3 Å². The molecule has 1 aromatic rings. The summed E-state index contributed by atoms with van der Waals surface area (Å²) in [6, 6.07) is 0. The lowest BCUT2D eigenvalue weighted by Crippen LogP contribution is -2.04. The van der Waals surface area contributed by atoms with Gasteiger partial charge in [0.2, 0.25) is 0 Å². The highest BCUT2D eigenvalue weighted by Gasteiger charge is 2.05. The molecular weight excluding hydrogens is 188 g/mol. The fraction of sp³-hybridized carbons (Fsp3) is 0.818. The molecule has 1 rings (SSSR count). The highest BCUT2D eigenvalue weighted by molar-refractivity contribution is 4.93. The van der Waals surface area contributed by atoms with Crippen molar-refractivity contribution < 1.29 is 0 Å². The van der Waals surface area contributed by atoms with Crippen molar-refractivity contribution in [3.63, 3.8) is 0 Å². The fourth-order valence-electron chi connectivity index (χ4n) is 1.80. The van der Waals surface area contributed by atoms with Crippen molar-refractivity contribution in [2.24, 2.45) is 5.73 Å². The number of hydrogen-bond acceptors (Lipinski definition) is 3. The average Bonchev–Trinajstić information content (AvgIpc) is 2.59. The molecule has 0 aliphatic carbocycles. The molecule has 0 bridgehead atoms. The van der Waals surface area contributed by atoms with Crippen LogP contribution in [0.2, 0.25) is 0 Å². The number of nitrogens with zero attached hydrogens (tertiary/aromatic N) is 3. The molecular formula is C11H22N4. The first-order valence-corrected chi connectivity index (χ1v) is 5.88. The van der Waals surface area contributed by atoms with E-state index in [2.05, 4.69) is 21.7 Å². The zero-order chi connectivity index (χ0) is 11.1. The number of unbranched alkanes of at least 4 members (excludes halogenated alkanes) is 3. The van der Waals surface area contributed by atoms with Crippen LogP contribution in [0.1, 0.15) is 44.3 Å². The van der Waals surface area contributed by atoms with Gasteiger partial charge < -0.3 is 10.3 Å². The smallest absolute Gasteiger partial charge is 0.132 e. The molecule has 0 unspecified atom stereocenters. The summed E-state index contributed by atoms with van der Waals surface area (Å²) in [5.41, 5.74) is 5.44. The third-order valence-corrected chi connectivity index (χ3v) is 2.68. The predicted octanol–water partition coefficient (Wildman–Crippen LogP) is 1.67. The minimum absolute atomic E-state index is 0.810. The maximum absolute atomic E-state index is 5.44. The van der Waals surface area contributed by atoms with Crippen LogP contribution < -0.4 is 5.73 Å². The molecule has 15 heavy (non-hydrogen) atoms. The van der Waals surface area contributed by atoms with E-state index >= 15 is 0 Å². The minimum atomic E-state index is 0.810. The Morgan fingerprint density at radius 3 is 2.53 bits per heavy atom. The second-order valence-electron chi connectivity index (χ2n) is 3.86. The van der Waals surface area contributed by atoms with Crippen LogP contribution in [0.25, 0.3) is 0 Å². The largest absolute Gasteiger partial charge is 0.330 e. The van der Waals surface area contributed by atoms with E-state index in [0.29, 0.717) is 0 Å². The normalized spacial score (nSPS) is 10.9. The molecule has 2 N–H and O–H groups in total. The van der Waals surface area contributed by atoms with Gasteiger partial charge in [-0.05, 0) is 33.2 Å². The number of nitrogens with two attached hydrogens (primary N) is 1. The first kappa shape index (κ1) is 12.2. The van der Waals surface area contributed by atoms with Gasteiger partial charge in [-0.15, -0.1) is 10.2 Å². The number of rotatable bonds is 7. The summed E-state index contributed by atoms with van der Waals surface area (Å²) < 4.78 is 2.18. The Kier molecular flexibility index (Phi) is 5.32. The molecule has 0 radical (unpaired) electrons. The third kappa shape index (κ3) is 3.63. The summed E-state index contributed by atoms with van der Waals surface area (Å²) >= 11 is 0. The van der Waals surface area contributed by atoms with Crippen LogP contribution in [0.4, 0.5) is 0 Å². The summed E-state index contributed by atoms with van der Waals surface area (Å²) in [6.07, 6.45) is 5.85. The topological polar surface area (TPSA) is 56.7 Å². The molecule has 4 heteroatoms. The Hall–Kier alpha value is -0.900. The van der Waals surface area contributed by atoms with Gasteiger partial charge in [-0.25, -0.2) is 0 Å². The molecule has 0 aliphatic rings. The monoisotopic (exact) mass is 210 g/mol. The number of hydrogen-bond donors (Lipinski definition) is 1. The summed E-state index contributed by atoms with van der Waals surface area (Å²) in [5.74, 6) is 2.15. The molecule has 0 amide bonds. The van der Waals surface area contributed by atoms with Gasteiger partial charge in [-0.1, -0.05) is 12.8 Å². The van der Waals surface area contributed by atoms with Gasteiger partial charge in [-0.3, -0.25) is 0 Å². The van der Waals surface area contributed by atoms with Crippen LogP contribution in [0, 0.1) is 6.92 Å². The lowest BCUT2D eigenvalue weighted by molar-refractivity contribution is 0.606. The molecule has 0 atom stereocenters. The molecule has 1 aromatic heterocycles. The Balaban J connectivity index is 2.30. The molecule has 0 saturated heterocycles. The summed E-state index contributed by atoms with van der Waals surface area (Å²) in [7, 11) is 0. The number of aromatic nitrogens is 3. The summed E-state index contributed by atoms with van der Waals surface area (Å²) in [4.78, 5) is 0. The van der Waals surface area contributed by atoms with E-state index in [1.807, 2.05) is 6.92 Å². The van der Waals surface area contributed by atoms with Gasteiger partial charge in [0, 0.05) is 13.0 Å². The van der Waals surface area contributed by atoms with E-state index in [-0.39, 0.29) is 0 Å². The standard InChI is InChI=1S/C11H22N4/c1-3-15-10(2)13-14-11(15)8-6-4-5-7-9-12/h3-9,12H2,1-2H3. The first-order valence-electron chi connectivity index (χ1n) is 5.88. The molecule has 0 aliphatic heterocycles. The Morgan fingerprint density at radius 1 is 1.13 bits per heavy atom. The molecule has 1 heterocycles. The maximum atomic E-state index is 5.44. The van der Waals surface area contributed by atoms with Crippen molar-refractivity contribution in [1.29, 1.82) is 0 Å². The van der Waals surface area contributed by atoms with Gasteiger partial charge in [0.25, 0.3) is 0 Å². The summed E-state index contributed by atoms with van der Waals surface area (Å²) in [6.45, 7) is 5.92. The average molecular weight is 210 g/mol. The zero-order valence-electron chi connectivity index (χ0n) is 9.87. The lowest BCUT2D eigenvalue weighted by Gasteiger charge is -2.04. The van der Waals surface area contributed by atoms with Crippen LogP contribution >= 0.6 is 0 Å². The van der Waals surface area contributed by atoms with Crippen molar-refractivity contribution in [2.75, 3.05) is 6.54 Å². The molecule has 86 valence electrons. The van der Waals surface area contributed by atoms with Gasteiger partial charge in [-0.2, -0.15) is 0 Å². The van der Waals surface area contributed by atoms with Crippen molar-refractivity contribution in [2.45, 2.75) is 52.5 Å². The second kappa shape index (κ2) is 6.56. The highest BCUT2D eigenvalue weighted by Crippen LogP contribution is 2.07. The zero-order valence-corrected chi connectivity index (χ0v) is 9.87. The maximum Gasteiger partial charge on any atom is 0.132 e. The third-order valence-electron chi connectivity index (χ3n) is 2.68. The fourth-order valence-corrected chi connectivity index (χ4v) is 1.80. The van der Waals surface area contributed by atoms with E-state index in [0.717, 1.165) is 37.6 Å². The Labute approximate surface area is 91.9 Å². The predicted molar refractivity (Wildman–Crippen MR) is 61.7 cm³/mol. The van der Waals surface area contributed by atoms with Crippen molar-refractivity contribution in [1.82, 2.24) is 14.8 Å². The SMILES string of the molecule is CCn1c(C)nnc1CCCCCCN. The van der Waals surface area contributed by atoms with Gasteiger partial charge >= 0.3 is 0 Å².